The molecule has 0 aliphatic rings. The third-order valence-corrected chi connectivity index (χ3v) is 2.12. The summed E-state index contributed by atoms with van der Waals surface area (Å²) in [5, 5.41) is 3.11. The molecule has 0 radical (unpaired) electrons. The van der Waals surface area contributed by atoms with Crippen molar-refractivity contribution in [2.45, 2.75) is 32.7 Å². The van der Waals surface area contributed by atoms with Crippen molar-refractivity contribution in [1.29, 1.82) is 0 Å². The van der Waals surface area contributed by atoms with Crippen LogP contribution in [0.5, 0.6) is 5.88 Å². The van der Waals surface area contributed by atoms with Crippen LogP contribution in [0.3, 0.4) is 0 Å². The predicted molar refractivity (Wildman–Crippen MR) is 64.5 cm³/mol. The summed E-state index contributed by atoms with van der Waals surface area (Å²) in [7, 11) is 1.58. The van der Waals surface area contributed by atoms with E-state index >= 15 is 0 Å². The van der Waals surface area contributed by atoms with E-state index in [2.05, 4.69) is 28.1 Å². The molecule has 1 aromatic rings. The number of anilines is 1. The maximum absolute atomic E-state index is 5.42. The van der Waals surface area contributed by atoms with Crippen LogP contribution in [0.1, 0.15) is 25.5 Å². The van der Waals surface area contributed by atoms with E-state index in [4.69, 9.17) is 11.2 Å². The fourth-order valence-electron chi connectivity index (χ4n) is 1.35. The van der Waals surface area contributed by atoms with E-state index in [1.807, 2.05) is 6.92 Å². The second kappa shape index (κ2) is 5.96. The first-order valence-corrected chi connectivity index (χ1v) is 5.32. The summed E-state index contributed by atoms with van der Waals surface area (Å²) in [4.78, 5) is 8.44. The van der Waals surface area contributed by atoms with Crippen LogP contribution in [-0.2, 0) is 0 Å². The minimum Gasteiger partial charge on any atom is -0.481 e. The zero-order chi connectivity index (χ0) is 12.0. The molecule has 1 atom stereocenters. The molecule has 1 rings (SSSR count). The predicted octanol–water partition coefficient (Wildman–Crippen LogP) is 2.01. The van der Waals surface area contributed by atoms with Gasteiger partial charge in [0, 0.05) is 11.8 Å². The minimum atomic E-state index is -0.0310. The molecule has 0 spiro atoms. The Morgan fingerprint density at radius 1 is 1.56 bits per heavy atom. The van der Waals surface area contributed by atoms with Gasteiger partial charge in [0.1, 0.15) is 0 Å². The summed E-state index contributed by atoms with van der Waals surface area (Å²) >= 11 is 0. The van der Waals surface area contributed by atoms with Gasteiger partial charge in [-0.3, -0.25) is 0 Å². The number of hydrogen-bond acceptors (Lipinski definition) is 4. The van der Waals surface area contributed by atoms with Crippen LogP contribution < -0.4 is 10.1 Å². The van der Waals surface area contributed by atoms with Crippen LogP contribution in [0.2, 0.25) is 0 Å². The number of aromatic nitrogens is 2. The molecule has 0 fully saturated rings. The van der Waals surface area contributed by atoms with E-state index in [1.165, 1.54) is 0 Å². The second-order valence-electron chi connectivity index (χ2n) is 3.53. The molecule has 0 amide bonds. The van der Waals surface area contributed by atoms with Crippen LogP contribution in [0, 0.1) is 19.3 Å². The van der Waals surface area contributed by atoms with Gasteiger partial charge < -0.3 is 10.1 Å². The van der Waals surface area contributed by atoms with Crippen LogP contribution in [-0.4, -0.2) is 23.1 Å². The number of ether oxygens (including phenoxy) is 1. The monoisotopic (exact) mass is 219 g/mol. The normalized spacial score (nSPS) is 11.6. The molecule has 1 N–H and O–H groups in total. The molecule has 0 aromatic carbocycles. The number of nitrogens with zero attached hydrogens (tertiary/aromatic N) is 2. The van der Waals surface area contributed by atoms with Crippen molar-refractivity contribution in [2.75, 3.05) is 12.4 Å². The number of hydrogen-bond donors (Lipinski definition) is 1. The maximum atomic E-state index is 5.42. The molecule has 0 bridgehead atoms. The van der Waals surface area contributed by atoms with Crippen molar-refractivity contribution in [3.8, 4) is 18.2 Å². The quantitative estimate of drug-likeness (QED) is 0.769. The molecule has 0 aliphatic carbocycles. The first kappa shape index (κ1) is 12.3. The zero-order valence-electron chi connectivity index (χ0n) is 9.95. The Hall–Kier alpha value is -1.76. The van der Waals surface area contributed by atoms with E-state index in [1.54, 1.807) is 13.2 Å². The van der Waals surface area contributed by atoms with Crippen molar-refractivity contribution in [2.24, 2.45) is 0 Å². The molecular formula is C12H17N3O. The number of terminal acetylenes is 1. The van der Waals surface area contributed by atoms with E-state index in [9.17, 15) is 0 Å². The topological polar surface area (TPSA) is 47.0 Å². The molecule has 0 saturated heterocycles. The second-order valence-corrected chi connectivity index (χ2v) is 3.53. The lowest BCUT2D eigenvalue weighted by Gasteiger charge is -2.12. The summed E-state index contributed by atoms with van der Waals surface area (Å²) < 4.78 is 5.07. The molecule has 1 aromatic heterocycles. The fraction of sp³-hybridized carbons (Fsp3) is 0.500. The fourth-order valence-corrected chi connectivity index (χ4v) is 1.35. The van der Waals surface area contributed by atoms with Gasteiger partial charge in [-0.1, -0.05) is 19.3 Å². The van der Waals surface area contributed by atoms with Crippen LogP contribution in [0.4, 0.5) is 5.95 Å². The Morgan fingerprint density at radius 2 is 2.31 bits per heavy atom. The molecule has 1 heterocycles. The molecular weight excluding hydrogens is 202 g/mol. The standard InChI is InChI=1S/C12H17N3O/c1-5-7-10(6-2)14-12-13-9(3)8-11(15-12)16-4/h2,8,10H,5,7H2,1,3-4H3,(H,13,14,15). The van der Waals surface area contributed by atoms with Gasteiger partial charge in [-0.15, -0.1) is 6.42 Å². The van der Waals surface area contributed by atoms with Gasteiger partial charge in [0.25, 0.3) is 0 Å². The summed E-state index contributed by atoms with van der Waals surface area (Å²) in [6.45, 7) is 3.98. The molecule has 16 heavy (non-hydrogen) atoms. The highest BCUT2D eigenvalue weighted by molar-refractivity contribution is 5.34. The van der Waals surface area contributed by atoms with Crippen molar-refractivity contribution >= 4 is 5.95 Å². The van der Waals surface area contributed by atoms with Crippen LogP contribution in [0.25, 0.3) is 0 Å². The largest absolute Gasteiger partial charge is 0.481 e. The lowest BCUT2D eigenvalue weighted by atomic mass is 10.2. The first-order chi connectivity index (χ1) is 7.69. The van der Waals surface area contributed by atoms with Gasteiger partial charge in [-0.05, 0) is 13.3 Å². The molecule has 0 aliphatic heterocycles. The maximum Gasteiger partial charge on any atom is 0.227 e. The highest BCUT2D eigenvalue weighted by Gasteiger charge is 2.07. The van der Waals surface area contributed by atoms with Gasteiger partial charge in [0.05, 0.1) is 13.2 Å². The van der Waals surface area contributed by atoms with Crippen molar-refractivity contribution in [3.63, 3.8) is 0 Å². The van der Waals surface area contributed by atoms with Gasteiger partial charge >= 0.3 is 0 Å². The molecule has 1 unspecified atom stereocenters. The van der Waals surface area contributed by atoms with E-state index < -0.39 is 0 Å². The highest BCUT2D eigenvalue weighted by atomic mass is 16.5. The average Bonchev–Trinajstić information content (AvgIpc) is 2.27. The lowest BCUT2D eigenvalue weighted by Crippen LogP contribution is -2.18. The van der Waals surface area contributed by atoms with Crippen molar-refractivity contribution in [1.82, 2.24) is 9.97 Å². The molecule has 0 saturated carbocycles. The Balaban J connectivity index is 2.80. The average molecular weight is 219 g/mol. The Bertz CT molecular complexity index is 384. The van der Waals surface area contributed by atoms with Crippen molar-refractivity contribution in [3.05, 3.63) is 11.8 Å². The van der Waals surface area contributed by atoms with Gasteiger partial charge in [0.15, 0.2) is 0 Å². The first-order valence-electron chi connectivity index (χ1n) is 5.32. The highest BCUT2D eigenvalue weighted by Crippen LogP contribution is 2.12. The van der Waals surface area contributed by atoms with E-state index in [0.29, 0.717) is 11.8 Å². The summed E-state index contributed by atoms with van der Waals surface area (Å²) in [6.07, 6.45) is 7.33. The number of aryl methyl sites for hydroxylation is 1. The summed E-state index contributed by atoms with van der Waals surface area (Å²) in [5.41, 5.74) is 0.849. The summed E-state index contributed by atoms with van der Waals surface area (Å²) in [5.74, 6) is 3.74. The van der Waals surface area contributed by atoms with E-state index in [0.717, 1.165) is 18.5 Å². The Morgan fingerprint density at radius 3 is 2.88 bits per heavy atom. The third-order valence-electron chi connectivity index (χ3n) is 2.12. The smallest absolute Gasteiger partial charge is 0.227 e. The summed E-state index contributed by atoms with van der Waals surface area (Å²) in [6, 6.07) is 1.74. The van der Waals surface area contributed by atoms with Gasteiger partial charge in [0.2, 0.25) is 11.8 Å². The van der Waals surface area contributed by atoms with Crippen LogP contribution >= 0.6 is 0 Å². The zero-order valence-corrected chi connectivity index (χ0v) is 9.95. The molecule has 86 valence electrons. The lowest BCUT2D eigenvalue weighted by molar-refractivity contribution is 0.397. The molecule has 4 nitrogen and oxygen atoms in total. The molecule has 4 heteroatoms. The third kappa shape index (κ3) is 3.43. The van der Waals surface area contributed by atoms with E-state index in [-0.39, 0.29) is 6.04 Å². The van der Waals surface area contributed by atoms with Crippen LogP contribution in [0.15, 0.2) is 6.07 Å². The SMILES string of the molecule is C#CC(CCC)Nc1nc(C)cc(OC)n1. The number of nitrogens with one attached hydrogen (secondary N) is 1. The number of methoxy groups -OCH3 is 1. The number of rotatable bonds is 5. The Labute approximate surface area is 96.5 Å². The Kier molecular flexibility index (Phi) is 4.59. The van der Waals surface area contributed by atoms with Gasteiger partial charge in [-0.25, -0.2) is 4.98 Å². The van der Waals surface area contributed by atoms with Crippen molar-refractivity contribution < 1.29 is 4.74 Å². The van der Waals surface area contributed by atoms with Gasteiger partial charge in [-0.2, -0.15) is 4.98 Å². The minimum absolute atomic E-state index is 0.0310.